The minimum Gasteiger partial charge on any atom is -0.507 e. The predicted molar refractivity (Wildman–Crippen MR) is 55.4 cm³/mol. The summed E-state index contributed by atoms with van der Waals surface area (Å²) in [7, 11) is 1.36. The average molecular weight is 211 g/mol. The number of phenolic OH excluding ortho intramolecular Hbond substituents is 1. The maximum atomic E-state index is 10.6. The zero-order valence-electron chi connectivity index (χ0n) is 8.85. The van der Waals surface area contributed by atoms with Gasteiger partial charge in [-0.05, 0) is 12.0 Å². The van der Waals surface area contributed by atoms with Gasteiger partial charge in [0.25, 0.3) is 0 Å². The Morgan fingerprint density at radius 1 is 1.47 bits per heavy atom. The number of ether oxygens (including phenoxy) is 1. The molecule has 1 aromatic carbocycles. The molecule has 0 amide bonds. The Morgan fingerprint density at radius 3 is 2.47 bits per heavy atom. The minimum atomic E-state index is -0.581. The van der Waals surface area contributed by atoms with Crippen LogP contribution in [0.2, 0.25) is 0 Å². The molecule has 0 fully saturated rings. The Kier molecular flexibility index (Phi) is 3.14. The molecule has 1 N–H and O–H groups in total. The monoisotopic (exact) mass is 211 g/mol. The first-order valence-corrected chi connectivity index (χ1v) is 4.52. The predicted octanol–water partition coefficient (Wildman–Crippen LogP) is 2.43. The summed E-state index contributed by atoms with van der Waals surface area (Å²) in [4.78, 5) is 10.0. The molecule has 5 nitrogen and oxygen atoms in total. The molecule has 0 atom stereocenters. The van der Waals surface area contributed by atoms with Crippen molar-refractivity contribution in [2.24, 2.45) is 0 Å². The van der Waals surface area contributed by atoms with Crippen molar-refractivity contribution in [3.63, 3.8) is 0 Å². The standard InChI is InChI=1S/C10H13NO4/c1-6(2)7-4-10(15-3)8(11(13)14)5-9(7)12/h4-6,12H,1-3H3. The van der Waals surface area contributed by atoms with E-state index < -0.39 is 4.92 Å². The second-order valence-electron chi connectivity index (χ2n) is 3.49. The van der Waals surface area contributed by atoms with E-state index in [0.29, 0.717) is 5.56 Å². The molecule has 0 saturated carbocycles. The molecule has 0 aliphatic heterocycles. The van der Waals surface area contributed by atoms with E-state index in [-0.39, 0.29) is 23.1 Å². The highest BCUT2D eigenvalue weighted by atomic mass is 16.6. The van der Waals surface area contributed by atoms with Crippen LogP contribution in [0.5, 0.6) is 11.5 Å². The molecule has 0 aliphatic rings. The van der Waals surface area contributed by atoms with Crippen LogP contribution >= 0.6 is 0 Å². The SMILES string of the molecule is COc1cc(C(C)C)c(O)cc1[N+](=O)[O-]. The van der Waals surface area contributed by atoms with E-state index in [2.05, 4.69) is 0 Å². The lowest BCUT2D eigenvalue weighted by molar-refractivity contribution is -0.385. The lowest BCUT2D eigenvalue weighted by Crippen LogP contribution is -1.97. The van der Waals surface area contributed by atoms with Crippen LogP contribution in [-0.4, -0.2) is 17.1 Å². The van der Waals surface area contributed by atoms with E-state index in [1.807, 2.05) is 13.8 Å². The van der Waals surface area contributed by atoms with E-state index in [1.54, 1.807) is 0 Å². The fourth-order valence-electron chi connectivity index (χ4n) is 1.34. The number of hydrogen-bond donors (Lipinski definition) is 1. The van der Waals surface area contributed by atoms with E-state index in [9.17, 15) is 15.2 Å². The molecule has 0 radical (unpaired) electrons. The number of nitro benzene ring substituents is 1. The third-order valence-corrected chi connectivity index (χ3v) is 2.15. The lowest BCUT2D eigenvalue weighted by atomic mass is 10.0. The van der Waals surface area contributed by atoms with Crippen LogP contribution in [0.25, 0.3) is 0 Å². The van der Waals surface area contributed by atoms with Gasteiger partial charge < -0.3 is 9.84 Å². The van der Waals surface area contributed by atoms with Crippen molar-refractivity contribution >= 4 is 5.69 Å². The zero-order chi connectivity index (χ0) is 11.6. The third-order valence-electron chi connectivity index (χ3n) is 2.15. The van der Waals surface area contributed by atoms with Crippen molar-refractivity contribution in [3.8, 4) is 11.5 Å². The smallest absolute Gasteiger partial charge is 0.314 e. The summed E-state index contributed by atoms with van der Waals surface area (Å²) in [6, 6.07) is 2.62. The van der Waals surface area contributed by atoms with Gasteiger partial charge in [0.2, 0.25) is 0 Å². The fraction of sp³-hybridized carbons (Fsp3) is 0.400. The largest absolute Gasteiger partial charge is 0.507 e. The molecular weight excluding hydrogens is 198 g/mol. The Labute approximate surface area is 87.5 Å². The second kappa shape index (κ2) is 4.16. The molecule has 0 saturated heterocycles. The van der Waals surface area contributed by atoms with Crippen LogP contribution in [0.3, 0.4) is 0 Å². The van der Waals surface area contributed by atoms with E-state index >= 15 is 0 Å². The van der Waals surface area contributed by atoms with Crippen LogP contribution in [0.4, 0.5) is 5.69 Å². The number of nitro groups is 1. The molecule has 0 spiro atoms. The molecule has 15 heavy (non-hydrogen) atoms. The molecule has 0 heterocycles. The van der Waals surface area contributed by atoms with Gasteiger partial charge in [0.05, 0.1) is 18.1 Å². The fourth-order valence-corrected chi connectivity index (χ4v) is 1.34. The number of aromatic hydroxyl groups is 1. The van der Waals surface area contributed by atoms with Crippen LogP contribution in [0, 0.1) is 10.1 Å². The summed E-state index contributed by atoms with van der Waals surface area (Å²) < 4.78 is 4.90. The highest BCUT2D eigenvalue weighted by Gasteiger charge is 2.19. The van der Waals surface area contributed by atoms with Crippen LogP contribution in [0.15, 0.2) is 12.1 Å². The van der Waals surface area contributed by atoms with E-state index in [0.717, 1.165) is 6.07 Å². The molecular formula is C10H13NO4. The lowest BCUT2D eigenvalue weighted by Gasteiger charge is -2.10. The van der Waals surface area contributed by atoms with Crippen molar-refractivity contribution in [2.45, 2.75) is 19.8 Å². The molecule has 1 aromatic rings. The molecule has 0 bridgehead atoms. The molecule has 82 valence electrons. The van der Waals surface area contributed by atoms with Crippen molar-refractivity contribution in [1.82, 2.24) is 0 Å². The number of phenols is 1. The molecule has 0 unspecified atom stereocenters. The molecule has 0 aromatic heterocycles. The van der Waals surface area contributed by atoms with Gasteiger partial charge in [0.15, 0.2) is 5.75 Å². The van der Waals surface area contributed by atoms with Gasteiger partial charge in [-0.1, -0.05) is 13.8 Å². The highest BCUT2D eigenvalue weighted by Crippen LogP contribution is 2.36. The topological polar surface area (TPSA) is 72.6 Å². The average Bonchev–Trinajstić information content (AvgIpc) is 2.16. The second-order valence-corrected chi connectivity index (χ2v) is 3.49. The Morgan fingerprint density at radius 2 is 2.07 bits per heavy atom. The van der Waals surface area contributed by atoms with Gasteiger partial charge >= 0.3 is 5.69 Å². The van der Waals surface area contributed by atoms with Crippen molar-refractivity contribution in [2.75, 3.05) is 7.11 Å². The summed E-state index contributed by atoms with van der Waals surface area (Å²) in [5, 5.41) is 20.2. The highest BCUT2D eigenvalue weighted by molar-refractivity contribution is 5.55. The van der Waals surface area contributed by atoms with Crippen LogP contribution in [0.1, 0.15) is 25.3 Å². The van der Waals surface area contributed by atoms with Crippen LogP contribution in [-0.2, 0) is 0 Å². The number of nitrogens with zero attached hydrogens (tertiary/aromatic N) is 1. The number of rotatable bonds is 3. The summed E-state index contributed by atoms with van der Waals surface area (Å²) in [5.41, 5.74) is 0.414. The summed E-state index contributed by atoms with van der Waals surface area (Å²) in [6.45, 7) is 3.78. The van der Waals surface area contributed by atoms with E-state index in [1.165, 1.54) is 13.2 Å². The Hall–Kier alpha value is -1.78. The number of methoxy groups -OCH3 is 1. The first kappa shape index (κ1) is 11.3. The van der Waals surface area contributed by atoms with Crippen molar-refractivity contribution in [1.29, 1.82) is 0 Å². The quantitative estimate of drug-likeness (QED) is 0.615. The van der Waals surface area contributed by atoms with Crippen molar-refractivity contribution < 1.29 is 14.8 Å². The van der Waals surface area contributed by atoms with Gasteiger partial charge in [0, 0.05) is 5.56 Å². The summed E-state index contributed by atoms with van der Waals surface area (Å²) >= 11 is 0. The molecule has 1 rings (SSSR count). The first-order chi connectivity index (χ1) is 6.97. The maximum Gasteiger partial charge on any atom is 0.314 e. The summed E-state index contributed by atoms with van der Waals surface area (Å²) in [6.07, 6.45) is 0. The Bertz CT molecular complexity index is 387. The van der Waals surface area contributed by atoms with Crippen LogP contribution < -0.4 is 4.74 Å². The van der Waals surface area contributed by atoms with Gasteiger partial charge in [-0.3, -0.25) is 10.1 Å². The minimum absolute atomic E-state index is 0.0718. The number of hydrogen-bond acceptors (Lipinski definition) is 4. The zero-order valence-corrected chi connectivity index (χ0v) is 8.85. The third kappa shape index (κ3) is 2.18. The van der Waals surface area contributed by atoms with E-state index in [4.69, 9.17) is 4.74 Å². The number of benzene rings is 1. The molecule has 0 aliphatic carbocycles. The van der Waals surface area contributed by atoms with Gasteiger partial charge in [-0.15, -0.1) is 0 Å². The van der Waals surface area contributed by atoms with Gasteiger partial charge in [-0.2, -0.15) is 0 Å². The van der Waals surface area contributed by atoms with Gasteiger partial charge in [-0.25, -0.2) is 0 Å². The maximum absolute atomic E-state index is 10.6. The normalized spacial score (nSPS) is 10.4. The van der Waals surface area contributed by atoms with Gasteiger partial charge in [0.1, 0.15) is 5.75 Å². The summed E-state index contributed by atoms with van der Waals surface area (Å²) in [5.74, 6) is 0.179. The Balaban J connectivity index is 3.35. The van der Waals surface area contributed by atoms with Crippen molar-refractivity contribution in [3.05, 3.63) is 27.8 Å². The molecule has 5 heteroatoms. The first-order valence-electron chi connectivity index (χ1n) is 4.52.